The van der Waals surface area contributed by atoms with Crippen LogP contribution in [0, 0.1) is 5.41 Å². The van der Waals surface area contributed by atoms with Crippen LogP contribution >= 0.6 is 11.3 Å². The predicted molar refractivity (Wildman–Crippen MR) is 88.0 cm³/mol. The van der Waals surface area contributed by atoms with E-state index in [4.69, 9.17) is 0 Å². The molecule has 3 aromatic heterocycles. The zero-order chi connectivity index (χ0) is 15.7. The molecule has 3 rings (SSSR count). The van der Waals surface area contributed by atoms with Crippen molar-refractivity contribution in [3.63, 3.8) is 0 Å². The van der Waals surface area contributed by atoms with E-state index in [2.05, 4.69) is 41.2 Å². The Bertz CT molecular complexity index is 728. The van der Waals surface area contributed by atoms with Crippen molar-refractivity contribution < 1.29 is 5.11 Å². The molecule has 0 amide bonds. The summed E-state index contributed by atoms with van der Waals surface area (Å²) >= 11 is 1.47. The second-order valence-electron chi connectivity index (χ2n) is 6.25. The zero-order valence-electron chi connectivity index (χ0n) is 12.8. The van der Waals surface area contributed by atoms with Crippen molar-refractivity contribution in [2.75, 3.05) is 11.9 Å². The van der Waals surface area contributed by atoms with E-state index in [1.165, 1.54) is 11.3 Å². The number of rotatable bonds is 4. The average molecular weight is 317 g/mol. The highest BCUT2D eigenvalue weighted by Gasteiger charge is 2.25. The summed E-state index contributed by atoms with van der Waals surface area (Å²) in [5, 5.41) is 18.1. The van der Waals surface area contributed by atoms with Crippen molar-refractivity contribution in [2.45, 2.75) is 26.8 Å². The summed E-state index contributed by atoms with van der Waals surface area (Å²) in [7, 11) is 0. The van der Waals surface area contributed by atoms with Gasteiger partial charge in [-0.25, -0.2) is 9.50 Å². The molecular weight excluding hydrogens is 298 g/mol. The van der Waals surface area contributed by atoms with E-state index >= 15 is 0 Å². The zero-order valence-corrected chi connectivity index (χ0v) is 13.6. The number of hydrogen-bond donors (Lipinski definition) is 2. The minimum atomic E-state index is -0.0545. The summed E-state index contributed by atoms with van der Waals surface area (Å²) < 4.78 is 1.76. The van der Waals surface area contributed by atoms with Crippen molar-refractivity contribution in [2.24, 2.45) is 5.41 Å². The van der Waals surface area contributed by atoms with Gasteiger partial charge in [0.05, 0.1) is 24.5 Å². The molecule has 0 unspecified atom stereocenters. The van der Waals surface area contributed by atoms with Crippen molar-refractivity contribution in [1.82, 2.24) is 19.6 Å². The van der Waals surface area contributed by atoms with Gasteiger partial charge in [0.25, 0.3) is 0 Å². The lowest BCUT2D eigenvalue weighted by Crippen LogP contribution is -2.37. The van der Waals surface area contributed by atoms with Gasteiger partial charge in [-0.2, -0.15) is 0 Å². The molecule has 1 atom stereocenters. The summed E-state index contributed by atoms with van der Waals surface area (Å²) in [6, 6.07) is 3.80. The van der Waals surface area contributed by atoms with Crippen molar-refractivity contribution in [1.29, 1.82) is 0 Å². The molecule has 0 spiro atoms. The lowest BCUT2D eigenvalue weighted by Gasteiger charge is -2.29. The smallest absolute Gasteiger partial charge is 0.214 e. The minimum absolute atomic E-state index is 0.0522. The highest BCUT2D eigenvalue weighted by atomic mass is 32.1. The van der Waals surface area contributed by atoms with Crippen LogP contribution in [0.4, 0.5) is 5.13 Å². The normalized spacial score (nSPS) is 13.5. The van der Waals surface area contributed by atoms with Gasteiger partial charge in [-0.1, -0.05) is 32.1 Å². The average Bonchev–Trinajstić information content (AvgIpc) is 3.02. The largest absolute Gasteiger partial charge is 0.394 e. The first-order valence-electron chi connectivity index (χ1n) is 7.11. The lowest BCUT2D eigenvalue weighted by atomic mass is 9.87. The van der Waals surface area contributed by atoms with Crippen LogP contribution in [0.1, 0.15) is 20.8 Å². The standard InChI is InChI=1S/C15H19N5OS/c1-15(2,3)12(9-21)18-13-19-20-8-11(17-14(20)22-13)10-5-4-6-16-7-10/h4-8,12,21H,9H2,1-3H3,(H,18,19)/t12-/m1/s1. The molecule has 6 nitrogen and oxygen atoms in total. The second kappa shape index (κ2) is 5.66. The van der Waals surface area contributed by atoms with Crippen LogP contribution in [-0.4, -0.2) is 37.3 Å². The lowest BCUT2D eigenvalue weighted by molar-refractivity contribution is 0.202. The first-order valence-corrected chi connectivity index (χ1v) is 7.93. The van der Waals surface area contributed by atoms with Crippen molar-refractivity contribution in [3.8, 4) is 11.3 Å². The van der Waals surface area contributed by atoms with Crippen LogP contribution in [-0.2, 0) is 0 Å². The maximum absolute atomic E-state index is 9.53. The molecular formula is C15H19N5OS. The third-order valence-electron chi connectivity index (χ3n) is 3.53. The van der Waals surface area contributed by atoms with Gasteiger partial charge in [-0.3, -0.25) is 4.98 Å². The van der Waals surface area contributed by atoms with E-state index in [9.17, 15) is 5.11 Å². The number of pyridine rings is 1. The fourth-order valence-corrected chi connectivity index (χ4v) is 2.93. The Hall–Kier alpha value is -1.99. The summed E-state index contributed by atoms with van der Waals surface area (Å²) in [6.07, 6.45) is 5.41. The Morgan fingerprint density at radius 2 is 2.23 bits per heavy atom. The molecule has 22 heavy (non-hydrogen) atoms. The van der Waals surface area contributed by atoms with Crippen LogP contribution < -0.4 is 5.32 Å². The molecule has 0 saturated carbocycles. The third-order valence-corrected chi connectivity index (χ3v) is 4.38. The first-order chi connectivity index (χ1) is 10.5. The molecule has 0 aliphatic carbocycles. The molecule has 3 aromatic rings. The van der Waals surface area contributed by atoms with Crippen LogP contribution in [0.2, 0.25) is 0 Å². The number of nitrogens with one attached hydrogen (secondary N) is 1. The monoisotopic (exact) mass is 317 g/mol. The minimum Gasteiger partial charge on any atom is -0.394 e. The molecule has 7 heteroatoms. The van der Waals surface area contributed by atoms with Gasteiger partial charge in [0.15, 0.2) is 0 Å². The molecule has 0 radical (unpaired) electrons. The molecule has 0 aliphatic heterocycles. The Labute approximate surface area is 132 Å². The number of aromatic nitrogens is 4. The summed E-state index contributed by atoms with van der Waals surface area (Å²) in [4.78, 5) is 9.49. The predicted octanol–water partition coefficient (Wildman–Crippen LogP) is 2.67. The Morgan fingerprint density at radius 3 is 2.82 bits per heavy atom. The van der Waals surface area contributed by atoms with Gasteiger partial charge in [-0.15, -0.1) is 5.10 Å². The molecule has 2 N–H and O–H groups in total. The van der Waals surface area contributed by atoms with Crippen LogP contribution in [0.15, 0.2) is 30.7 Å². The number of anilines is 1. The number of hydrogen-bond acceptors (Lipinski definition) is 6. The molecule has 3 heterocycles. The van der Waals surface area contributed by atoms with Gasteiger partial charge < -0.3 is 10.4 Å². The number of imidazole rings is 1. The fraction of sp³-hybridized carbons (Fsp3) is 0.400. The number of aliphatic hydroxyl groups excluding tert-OH is 1. The van der Waals surface area contributed by atoms with E-state index in [1.807, 2.05) is 18.3 Å². The van der Waals surface area contributed by atoms with Gasteiger partial charge in [-0.05, 0) is 17.5 Å². The topological polar surface area (TPSA) is 75.3 Å². The summed E-state index contributed by atoms with van der Waals surface area (Å²) in [5.74, 6) is 0. The molecule has 116 valence electrons. The second-order valence-corrected chi connectivity index (χ2v) is 7.20. The number of nitrogens with zero attached hydrogens (tertiary/aromatic N) is 4. The molecule has 0 bridgehead atoms. The highest BCUT2D eigenvalue weighted by molar-refractivity contribution is 7.20. The first kappa shape index (κ1) is 14.9. The van der Waals surface area contributed by atoms with E-state index in [-0.39, 0.29) is 18.1 Å². The Morgan fingerprint density at radius 1 is 1.41 bits per heavy atom. The molecule has 0 saturated heterocycles. The third kappa shape index (κ3) is 2.95. The Kier molecular flexibility index (Phi) is 3.84. The number of aliphatic hydroxyl groups is 1. The van der Waals surface area contributed by atoms with E-state index < -0.39 is 0 Å². The van der Waals surface area contributed by atoms with Crippen LogP contribution in [0.5, 0.6) is 0 Å². The van der Waals surface area contributed by atoms with Gasteiger partial charge >= 0.3 is 0 Å². The summed E-state index contributed by atoms with van der Waals surface area (Å²) in [5.41, 5.74) is 1.77. The van der Waals surface area contributed by atoms with Crippen molar-refractivity contribution >= 4 is 21.4 Å². The highest BCUT2D eigenvalue weighted by Crippen LogP contribution is 2.27. The van der Waals surface area contributed by atoms with Gasteiger partial charge in [0.2, 0.25) is 10.1 Å². The van der Waals surface area contributed by atoms with Gasteiger partial charge in [0.1, 0.15) is 0 Å². The maximum atomic E-state index is 9.53. The molecule has 0 aliphatic rings. The van der Waals surface area contributed by atoms with E-state index in [1.54, 1.807) is 16.9 Å². The quantitative estimate of drug-likeness (QED) is 0.774. The van der Waals surface area contributed by atoms with E-state index in [0.29, 0.717) is 0 Å². The fourth-order valence-electron chi connectivity index (χ4n) is 2.10. The van der Waals surface area contributed by atoms with E-state index in [0.717, 1.165) is 21.3 Å². The van der Waals surface area contributed by atoms with Gasteiger partial charge in [0, 0.05) is 18.0 Å². The summed E-state index contributed by atoms with van der Waals surface area (Å²) in [6.45, 7) is 6.31. The number of fused-ring (bicyclic) bond motifs is 1. The van der Waals surface area contributed by atoms with Crippen LogP contribution in [0.3, 0.4) is 0 Å². The van der Waals surface area contributed by atoms with Crippen molar-refractivity contribution in [3.05, 3.63) is 30.7 Å². The SMILES string of the molecule is CC(C)(C)[C@@H](CO)Nc1nn2cc(-c3cccnc3)nc2s1. The Balaban J connectivity index is 1.85. The molecule has 0 aromatic carbocycles. The maximum Gasteiger partial charge on any atom is 0.214 e. The molecule has 0 fully saturated rings. The van der Waals surface area contributed by atoms with Crippen LogP contribution in [0.25, 0.3) is 16.2 Å².